The van der Waals surface area contributed by atoms with E-state index in [0.717, 1.165) is 33.6 Å². The molecule has 3 aromatic rings. The fourth-order valence-electron chi connectivity index (χ4n) is 3.68. The van der Waals surface area contributed by atoms with Crippen molar-refractivity contribution in [2.75, 3.05) is 0 Å². The number of carbonyl (C=O) groups excluding carboxylic acids is 1. The number of aromatic nitrogens is 1. The molecule has 1 amide bonds. The molecular formula is C24H26N4O3. The molecular weight excluding hydrogens is 392 g/mol. The molecule has 0 atom stereocenters. The molecule has 1 N–H and O–H groups in total. The summed E-state index contributed by atoms with van der Waals surface area (Å²) >= 11 is 0. The summed E-state index contributed by atoms with van der Waals surface area (Å²) in [6.07, 6.45) is 1.86. The first-order valence-corrected chi connectivity index (χ1v) is 9.99. The summed E-state index contributed by atoms with van der Waals surface area (Å²) in [6.45, 7) is 9.57. The summed E-state index contributed by atoms with van der Waals surface area (Å²) in [4.78, 5) is 23.2. The average Bonchev–Trinajstić information content (AvgIpc) is 2.98. The number of carbonyl (C=O) groups is 1. The second-order valence-corrected chi connectivity index (χ2v) is 7.79. The maximum atomic E-state index is 12.3. The topological polar surface area (TPSA) is 89.5 Å². The van der Waals surface area contributed by atoms with Gasteiger partial charge in [-0.3, -0.25) is 14.9 Å². The number of benzene rings is 2. The van der Waals surface area contributed by atoms with Crippen molar-refractivity contribution >= 4 is 17.8 Å². The molecule has 0 aliphatic rings. The highest BCUT2D eigenvalue weighted by Gasteiger charge is 2.15. The van der Waals surface area contributed by atoms with Crippen LogP contribution in [0, 0.1) is 44.7 Å². The first-order valence-electron chi connectivity index (χ1n) is 9.99. The van der Waals surface area contributed by atoms with Crippen molar-refractivity contribution in [3.8, 4) is 5.69 Å². The third-order valence-electron chi connectivity index (χ3n) is 5.36. The Balaban J connectivity index is 1.76. The van der Waals surface area contributed by atoms with Gasteiger partial charge in [-0.15, -0.1) is 0 Å². The Labute approximate surface area is 181 Å². The van der Waals surface area contributed by atoms with Crippen LogP contribution < -0.4 is 5.43 Å². The number of nitrogens with one attached hydrogen (secondary N) is 1. The quantitative estimate of drug-likeness (QED) is 0.360. The van der Waals surface area contributed by atoms with E-state index in [1.54, 1.807) is 25.3 Å². The van der Waals surface area contributed by atoms with E-state index in [2.05, 4.69) is 16.6 Å². The molecule has 0 saturated carbocycles. The van der Waals surface area contributed by atoms with Gasteiger partial charge in [0.1, 0.15) is 0 Å². The summed E-state index contributed by atoms with van der Waals surface area (Å²) in [7, 11) is 0. The molecule has 0 bridgehead atoms. The Hall–Kier alpha value is -3.74. The molecule has 1 heterocycles. The van der Waals surface area contributed by atoms with E-state index in [-0.39, 0.29) is 22.9 Å². The van der Waals surface area contributed by atoms with Gasteiger partial charge < -0.3 is 4.57 Å². The second kappa shape index (κ2) is 8.95. The molecule has 0 radical (unpaired) electrons. The summed E-state index contributed by atoms with van der Waals surface area (Å²) in [5, 5.41) is 15.4. The van der Waals surface area contributed by atoms with E-state index >= 15 is 0 Å². The summed E-state index contributed by atoms with van der Waals surface area (Å²) in [6, 6.07) is 13.1. The maximum absolute atomic E-state index is 12.3. The zero-order chi connectivity index (χ0) is 22.7. The van der Waals surface area contributed by atoms with Crippen LogP contribution in [0.25, 0.3) is 5.69 Å². The van der Waals surface area contributed by atoms with Gasteiger partial charge in [-0.1, -0.05) is 29.8 Å². The number of hydrogen-bond donors (Lipinski definition) is 1. The molecule has 0 aliphatic heterocycles. The molecule has 0 aliphatic carbocycles. The van der Waals surface area contributed by atoms with Crippen molar-refractivity contribution in [3.05, 3.63) is 91.8 Å². The molecule has 3 rings (SSSR count). The summed E-state index contributed by atoms with van der Waals surface area (Å²) in [5.41, 5.74) is 9.82. The lowest BCUT2D eigenvalue weighted by Crippen LogP contribution is -2.20. The first-order chi connectivity index (χ1) is 14.7. The summed E-state index contributed by atoms with van der Waals surface area (Å²) in [5.74, 6) is -0.189. The van der Waals surface area contributed by atoms with Crippen molar-refractivity contribution in [1.82, 2.24) is 9.99 Å². The molecule has 0 unspecified atom stereocenters. The van der Waals surface area contributed by atoms with Crippen LogP contribution in [0.5, 0.6) is 0 Å². The first kappa shape index (κ1) is 22.0. The molecule has 31 heavy (non-hydrogen) atoms. The van der Waals surface area contributed by atoms with Crippen LogP contribution >= 0.6 is 0 Å². The Morgan fingerprint density at radius 2 is 1.81 bits per heavy atom. The minimum Gasteiger partial charge on any atom is -0.318 e. The van der Waals surface area contributed by atoms with Gasteiger partial charge in [0.05, 0.1) is 23.2 Å². The third-order valence-corrected chi connectivity index (χ3v) is 5.36. The van der Waals surface area contributed by atoms with E-state index in [9.17, 15) is 14.9 Å². The zero-order valence-electron chi connectivity index (χ0n) is 18.4. The van der Waals surface area contributed by atoms with Gasteiger partial charge in [0.15, 0.2) is 0 Å². The Kier molecular flexibility index (Phi) is 6.34. The molecule has 0 saturated heterocycles. The summed E-state index contributed by atoms with van der Waals surface area (Å²) < 4.78 is 1.94. The Morgan fingerprint density at radius 3 is 2.48 bits per heavy atom. The number of hydrazone groups is 1. The predicted octanol–water partition coefficient (Wildman–Crippen LogP) is 4.62. The Morgan fingerprint density at radius 1 is 1.06 bits per heavy atom. The van der Waals surface area contributed by atoms with E-state index in [0.29, 0.717) is 11.3 Å². The van der Waals surface area contributed by atoms with Crippen LogP contribution in [0.15, 0.2) is 47.6 Å². The number of nitro groups is 1. The second-order valence-electron chi connectivity index (χ2n) is 7.79. The molecule has 0 fully saturated rings. The van der Waals surface area contributed by atoms with Crippen molar-refractivity contribution in [2.24, 2.45) is 5.10 Å². The molecule has 0 spiro atoms. The van der Waals surface area contributed by atoms with Gasteiger partial charge >= 0.3 is 0 Å². The van der Waals surface area contributed by atoms with Gasteiger partial charge in [-0.05, 0) is 57.9 Å². The smallest absolute Gasteiger partial charge is 0.274 e. The van der Waals surface area contributed by atoms with E-state index in [1.165, 1.54) is 0 Å². The number of nitro benzene ring substituents is 1. The standard InChI is InChI=1S/C24H26N4O3/c1-15-6-8-20(17(3)10-15)12-24(29)26-25-14-21-11-18(4)27(19(21)5)22-9-7-16(2)23(13-22)28(30)31/h6-11,13-14H,12H2,1-5H3,(H,26,29)/b25-14-. The van der Waals surface area contributed by atoms with Crippen LogP contribution in [0.4, 0.5) is 5.69 Å². The minimum atomic E-state index is -0.374. The van der Waals surface area contributed by atoms with Gasteiger partial charge in [0.25, 0.3) is 5.69 Å². The number of nitrogens with zero attached hydrogens (tertiary/aromatic N) is 3. The van der Waals surface area contributed by atoms with Crippen molar-refractivity contribution in [1.29, 1.82) is 0 Å². The van der Waals surface area contributed by atoms with E-state index < -0.39 is 0 Å². The zero-order valence-corrected chi connectivity index (χ0v) is 18.4. The highest BCUT2D eigenvalue weighted by Crippen LogP contribution is 2.25. The monoisotopic (exact) mass is 418 g/mol. The van der Waals surface area contributed by atoms with Gasteiger partial charge in [-0.25, -0.2) is 5.43 Å². The maximum Gasteiger partial charge on any atom is 0.274 e. The average molecular weight is 418 g/mol. The largest absolute Gasteiger partial charge is 0.318 e. The molecule has 7 nitrogen and oxygen atoms in total. The van der Waals surface area contributed by atoms with Crippen molar-refractivity contribution in [2.45, 2.75) is 41.0 Å². The van der Waals surface area contributed by atoms with Crippen LogP contribution in [-0.4, -0.2) is 21.6 Å². The fourth-order valence-corrected chi connectivity index (χ4v) is 3.68. The minimum absolute atomic E-state index is 0.0823. The van der Waals surface area contributed by atoms with Crippen LogP contribution in [0.1, 0.15) is 39.2 Å². The van der Waals surface area contributed by atoms with E-state index in [1.807, 2.05) is 56.5 Å². The van der Waals surface area contributed by atoms with Gasteiger partial charge in [0.2, 0.25) is 5.91 Å². The molecule has 7 heteroatoms. The normalized spacial score (nSPS) is 11.1. The Bertz CT molecular complexity index is 1190. The lowest BCUT2D eigenvalue weighted by molar-refractivity contribution is -0.385. The fraction of sp³-hybridized carbons (Fsp3) is 0.250. The van der Waals surface area contributed by atoms with Crippen molar-refractivity contribution in [3.63, 3.8) is 0 Å². The highest BCUT2D eigenvalue weighted by atomic mass is 16.6. The number of rotatable bonds is 6. The molecule has 160 valence electrons. The lowest BCUT2D eigenvalue weighted by atomic mass is 10.0. The number of aryl methyl sites for hydroxylation is 4. The molecule has 1 aromatic heterocycles. The third kappa shape index (κ3) is 4.88. The number of amides is 1. The van der Waals surface area contributed by atoms with Gasteiger partial charge in [-0.2, -0.15) is 5.10 Å². The molecule has 2 aromatic carbocycles. The van der Waals surface area contributed by atoms with Crippen LogP contribution in [0.2, 0.25) is 0 Å². The van der Waals surface area contributed by atoms with Crippen molar-refractivity contribution < 1.29 is 9.72 Å². The van der Waals surface area contributed by atoms with Crippen LogP contribution in [0.3, 0.4) is 0 Å². The SMILES string of the molecule is Cc1ccc(CC(=O)N/N=C\c2cc(C)n(-c3ccc(C)c([N+](=O)[O-])c3)c2C)c(C)c1. The number of hydrogen-bond acceptors (Lipinski definition) is 4. The lowest BCUT2D eigenvalue weighted by Gasteiger charge is -2.10. The predicted molar refractivity (Wildman–Crippen MR) is 122 cm³/mol. The highest BCUT2D eigenvalue weighted by molar-refractivity contribution is 5.85. The van der Waals surface area contributed by atoms with E-state index in [4.69, 9.17) is 0 Å². The van der Waals surface area contributed by atoms with Crippen LogP contribution in [-0.2, 0) is 11.2 Å². The van der Waals surface area contributed by atoms with Gasteiger partial charge in [0, 0.05) is 28.6 Å².